The highest BCUT2D eigenvalue weighted by atomic mass is 28.4. The lowest BCUT2D eigenvalue weighted by atomic mass is 9.90. The van der Waals surface area contributed by atoms with Crippen LogP contribution in [0.15, 0.2) is 72.8 Å². The van der Waals surface area contributed by atoms with Gasteiger partial charge in [0.1, 0.15) is 12.4 Å². The Kier molecular flexibility index (Phi) is 8.90. The van der Waals surface area contributed by atoms with Crippen molar-refractivity contribution in [1.29, 1.82) is 0 Å². The molecule has 7 nitrogen and oxygen atoms in total. The Labute approximate surface area is 256 Å². The largest absolute Gasteiger partial charge is 0.497 e. The monoisotopic (exact) mass is 600 g/mol. The molecular weight excluding hydrogens is 556 g/mol. The van der Waals surface area contributed by atoms with E-state index in [0.717, 1.165) is 22.6 Å². The molecule has 0 fully saturated rings. The lowest BCUT2D eigenvalue weighted by Gasteiger charge is -2.43. The van der Waals surface area contributed by atoms with E-state index < -0.39 is 8.32 Å². The molecule has 3 aromatic carbocycles. The number of rotatable bonds is 9. The minimum Gasteiger partial charge on any atom is -0.497 e. The molecule has 3 aromatic rings. The Balaban J connectivity index is 1.48. The molecule has 228 valence electrons. The molecule has 0 aliphatic carbocycles. The smallest absolute Gasteiger partial charge is 0.256 e. The molecule has 2 aliphatic rings. The van der Waals surface area contributed by atoms with E-state index in [4.69, 9.17) is 18.6 Å². The van der Waals surface area contributed by atoms with Crippen molar-refractivity contribution in [2.24, 2.45) is 0 Å². The topological polar surface area (TPSA) is 69.3 Å². The predicted molar refractivity (Wildman–Crippen MR) is 175 cm³/mol. The third kappa shape index (κ3) is 6.60. The fourth-order valence-electron chi connectivity index (χ4n) is 5.40. The average molecular weight is 601 g/mol. The summed E-state index contributed by atoms with van der Waals surface area (Å²) in [6.45, 7) is 12.7. The predicted octanol–water partition coefficient (Wildman–Crippen LogP) is 7.40. The first kappa shape index (κ1) is 30.7. The SMILES string of the molecule is COc1ccc(C2=CC3CNc4cc(OCc5ccccc5)c(OC)cc4C(=O)N3[C@H](CO[Si](C)(C)C(C)(C)C)C2)cc1. The third-order valence-corrected chi connectivity index (χ3v) is 13.5. The zero-order chi connectivity index (χ0) is 30.8. The number of hydrogen-bond donors (Lipinski definition) is 1. The van der Waals surface area contributed by atoms with Gasteiger partial charge in [-0.1, -0.05) is 69.3 Å². The molecule has 5 rings (SSSR count). The Bertz CT molecular complexity index is 1460. The van der Waals surface area contributed by atoms with Crippen molar-refractivity contribution in [3.05, 3.63) is 89.5 Å². The summed E-state index contributed by atoms with van der Waals surface area (Å²) >= 11 is 0. The van der Waals surface area contributed by atoms with Crippen LogP contribution in [0.3, 0.4) is 0 Å². The summed E-state index contributed by atoms with van der Waals surface area (Å²) in [6.07, 6.45) is 2.93. The highest BCUT2D eigenvalue weighted by molar-refractivity contribution is 6.74. The molecule has 0 spiro atoms. The van der Waals surface area contributed by atoms with Gasteiger partial charge >= 0.3 is 0 Å². The number of nitrogens with one attached hydrogen (secondary N) is 1. The molecule has 1 N–H and O–H groups in total. The molecule has 0 bridgehead atoms. The first-order chi connectivity index (χ1) is 20.5. The molecule has 8 heteroatoms. The van der Waals surface area contributed by atoms with Gasteiger partial charge in [-0.3, -0.25) is 4.79 Å². The summed E-state index contributed by atoms with van der Waals surface area (Å²) in [4.78, 5) is 16.4. The number of methoxy groups -OCH3 is 2. The fourth-order valence-corrected chi connectivity index (χ4v) is 6.44. The second-order valence-corrected chi connectivity index (χ2v) is 17.6. The highest BCUT2D eigenvalue weighted by Gasteiger charge is 2.42. The molecule has 0 saturated heterocycles. The van der Waals surface area contributed by atoms with Crippen LogP contribution in [-0.2, 0) is 11.0 Å². The van der Waals surface area contributed by atoms with Crippen LogP contribution in [0, 0.1) is 0 Å². The van der Waals surface area contributed by atoms with Crippen LogP contribution in [0.2, 0.25) is 18.1 Å². The number of benzene rings is 3. The fraction of sp³-hybridized carbons (Fsp3) is 0.400. The second kappa shape index (κ2) is 12.5. The number of ether oxygens (including phenoxy) is 3. The molecule has 43 heavy (non-hydrogen) atoms. The summed E-state index contributed by atoms with van der Waals surface area (Å²) in [7, 11) is 1.23. The molecule has 0 aromatic heterocycles. The van der Waals surface area contributed by atoms with Gasteiger partial charge in [-0.2, -0.15) is 0 Å². The van der Waals surface area contributed by atoms with Crippen LogP contribution in [0.4, 0.5) is 5.69 Å². The molecule has 0 radical (unpaired) electrons. The maximum atomic E-state index is 14.4. The molecule has 1 unspecified atom stereocenters. The van der Waals surface area contributed by atoms with Crippen molar-refractivity contribution in [2.75, 3.05) is 32.7 Å². The van der Waals surface area contributed by atoms with Crippen LogP contribution in [0.1, 0.15) is 48.7 Å². The van der Waals surface area contributed by atoms with Crippen molar-refractivity contribution in [3.63, 3.8) is 0 Å². The molecule has 2 aliphatic heterocycles. The number of carbonyl (C=O) groups is 1. The van der Waals surface area contributed by atoms with Crippen molar-refractivity contribution in [3.8, 4) is 17.2 Å². The van der Waals surface area contributed by atoms with Gasteiger partial charge in [0.2, 0.25) is 0 Å². The summed E-state index contributed by atoms with van der Waals surface area (Å²) in [5.41, 5.74) is 4.71. The van der Waals surface area contributed by atoms with E-state index in [0.29, 0.717) is 43.2 Å². The van der Waals surface area contributed by atoms with Crippen molar-refractivity contribution < 1.29 is 23.4 Å². The molecular formula is C35H44N2O5Si. The minimum atomic E-state index is -2.05. The third-order valence-electron chi connectivity index (χ3n) is 9.01. The Morgan fingerprint density at radius 1 is 0.953 bits per heavy atom. The first-order valence-electron chi connectivity index (χ1n) is 14.9. The Morgan fingerprint density at radius 3 is 2.33 bits per heavy atom. The number of carbonyl (C=O) groups excluding carboxylic acids is 1. The van der Waals surface area contributed by atoms with Crippen molar-refractivity contribution in [1.82, 2.24) is 4.90 Å². The molecule has 2 heterocycles. The van der Waals surface area contributed by atoms with E-state index in [9.17, 15) is 4.79 Å². The van der Waals surface area contributed by atoms with Crippen LogP contribution in [0.5, 0.6) is 17.2 Å². The Hall–Kier alpha value is -3.75. The van der Waals surface area contributed by atoms with Gasteiger partial charge < -0.3 is 28.9 Å². The zero-order valence-electron chi connectivity index (χ0n) is 26.4. The van der Waals surface area contributed by atoms with E-state index in [1.165, 1.54) is 5.57 Å². The van der Waals surface area contributed by atoms with Gasteiger partial charge in [-0.25, -0.2) is 0 Å². The standard InChI is InChI=1S/C35H44N2O5Si/c1-35(2,3)43(6,7)42-23-28-18-26(25-13-15-29(39-4)16-14-25)17-27-21-36-31-20-33(41-22-24-11-9-8-10-12-24)32(40-5)19-30(31)34(38)37(27)28/h8-17,19-20,27-28,36H,18,21-23H2,1-7H3/t27?,28-/m0/s1. The van der Waals surface area contributed by atoms with Crippen LogP contribution < -0.4 is 19.5 Å². The van der Waals surface area contributed by atoms with E-state index in [1.54, 1.807) is 14.2 Å². The molecule has 1 amide bonds. The number of amides is 1. The normalized spacial score (nSPS) is 18.5. The van der Waals surface area contributed by atoms with Crippen LogP contribution in [0.25, 0.3) is 5.57 Å². The number of anilines is 1. The summed E-state index contributed by atoms with van der Waals surface area (Å²) in [5, 5.41) is 3.62. The number of fused-ring (bicyclic) bond motifs is 2. The van der Waals surface area contributed by atoms with Crippen molar-refractivity contribution >= 4 is 25.5 Å². The second-order valence-electron chi connectivity index (χ2n) is 12.8. The van der Waals surface area contributed by atoms with E-state index in [-0.39, 0.29) is 23.0 Å². The quantitative estimate of drug-likeness (QED) is 0.258. The summed E-state index contributed by atoms with van der Waals surface area (Å²) in [6, 6.07) is 21.6. The van der Waals surface area contributed by atoms with Crippen molar-refractivity contribution in [2.45, 2.75) is 64.0 Å². The van der Waals surface area contributed by atoms with E-state index >= 15 is 0 Å². The maximum Gasteiger partial charge on any atom is 0.256 e. The van der Waals surface area contributed by atoms with E-state index in [1.807, 2.05) is 59.5 Å². The van der Waals surface area contributed by atoms with Crippen LogP contribution in [-0.4, -0.2) is 58.6 Å². The number of hydrogen-bond acceptors (Lipinski definition) is 6. The minimum absolute atomic E-state index is 0.0354. The van der Waals surface area contributed by atoms with E-state index in [2.05, 4.69) is 57.4 Å². The van der Waals surface area contributed by atoms with Gasteiger partial charge in [-0.05, 0) is 59.5 Å². The maximum absolute atomic E-state index is 14.4. The van der Waals surface area contributed by atoms with Gasteiger partial charge in [0.15, 0.2) is 19.8 Å². The van der Waals surface area contributed by atoms with Gasteiger partial charge in [0, 0.05) is 12.6 Å². The highest BCUT2D eigenvalue weighted by Crippen LogP contribution is 2.41. The molecule has 0 saturated carbocycles. The van der Waals surface area contributed by atoms with Gasteiger partial charge in [0.25, 0.3) is 5.91 Å². The lowest BCUT2D eigenvalue weighted by molar-refractivity contribution is 0.0541. The lowest BCUT2D eigenvalue weighted by Crippen LogP contribution is -2.53. The van der Waals surface area contributed by atoms with Gasteiger partial charge in [-0.15, -0.1) is 0 Å². The van der Waals surface area contributed by atoms with Gasteiger partial charge in [0.05, 0.1) is 44.2 Å². The Morgan fingerprint density at radius 2 is 1.67 bits per heavy atom. The van der Waals surface area contributed by atoms with Crippen LogP contribution >= 0.6 is 0 Å². The summed E-state index contributed by atoms with van der Waals surface area (Å²) < 4.78 is 24.0. The first-order valence-corrected chi connectivity index (χ1v) is 17.9. The zero-order valence-corrected chi connectivity index (χ0v) is 27.4. The molecule has 2 atom stereocenters. The number of nitrogens with zero attached hydrogens (tertiary/aromatic N) is 1. The average Bonchev–Trinajstić information content (AvgIpc) is 3.14. The summed E-state index contributed by atoms with van der Waals surface area (Å²) in [5.74, 6) is 1.91.